The van der Waals surface area contributed by atoms with Crippen LogP contribution in [-0.4, -0.2) is 44.3 Å². The Balaban J connectivity index is -0.000000334. The minimum absolute atomic E-state index is 0.221. The monoisotopic (exact) mass is 308 g/mol. The van der Waals surface area contributed by atoms with Gasteiger partial charge in [-0.05, 0) is 12.8 Å². The molecule has 0 amide bonds. The quantitative estimate of drug-likeness (QED) is 0.498. The average Bonchev–Trinajstić information content (AvgIpc) is 2.25. The van der Waals surface area contributed by atoms with Crippen LogP contribution >= 0.6 is 0 Å². The Labute approximate surface area is 123 Å². The molecule has 124 valence electrons. The molecule has 0 aliphatic carbocycles. The molecular formula is C13H24O8. The predicted octanol–water partition coefficient (Wildman–Crippen LogP) is 2.07. The summed E-state index contributed by atoms with van der Waals surface area (Å²) in [6.07, 6.45) is 4.53. The molecule has 21 heavy (non-hydrogen) atoms. The first-order chi connectivity index (χ1) is 9.59. The highest BCUT2D eigenvalue weighted by molar-refractivity contribution is 5.66. The van der Waals surface area contributed by atoms with Crippen LogP contribution in [0.4, 0.5) is 0 Å². The molecular weight excluding hydrogens is 284 g/mol. The second-order valence-electron chi connectivity index (χ2n) is 4.09. The van der Waals surface area contributed by atoms with Gasteiger partial charge in [0.25, 0.3) is 11.9 Å². The summed E-state index contributed by atoms with van der Waals surface area (Å²) in [6, 6.07) is 0. The van der Waals surface area contributed by atoms with E-state index in [0.29, 0.717) is 12.8 Å². The van der Waals surface area contributed by atoms with Crippen molar-refractivity contribution in [2.75, 3.05) is 0 Å². The van der Waals surface area contributed by atoms with Crippen LogP contribution in [0.5, 0.6) is 0 Å². The Morgan fingerprint density at radius 3 is 0.952 bits per heavy atom. The number of rotatable bonds is 8. The Morgan fingerprint density at radius 2 is 0.762 bits per heavy atom. The maximum absolute atomic E-state index is 10.1. The van der Waals surface area contributed by atoms with Gasteiger partial charge in [0.15, 0.2) is 0 Å². The van der Waals surface area contributed by atoms with Gasteiger partial charge in [-0.3, -0.25) is 19.2 Å². The zero-order chi connectivity index (χ0) is 17.3. The maximum Gasteiger partial charge on any atom is 0.303 e. The summed E-state index contributed by atoms with van der Waals surface area (Å²) in [5.41, 5.74) is 0. The first-order valence-corrected chi connectivity index (χ1v) is 6.42. The highest BCUT2D eigenvalue weighted by Crippen LogP contribution is 2.06. The van der Waals surface area contributed by atoms with E-state index in [1.54, 1.807) is 0 Å². The zero-order valence-electron chi connectivity index (χ0n) is 12.4. The summed E-state index contributed by atoms with van der Waals surface area (Å²) in [6.45, 7) is 2.17. The van der Waals surface area contributed by atoms with Crippen LogP contribution in [0, 0.1) is 0 Å². The van der Waals surface area contributed by atoms with Gasteiger partial charge in [-0.2, -0.15) is 0 Å². The van der Waals surface area contributed by atoms with Crippen molar-refractivity contribution in [1.29, 1.82) is 0 Å². The van der Waals surface area contributed by atoms with E-state index in [1.165, 1.54) is 0 Å². The van der Waals surface area contributed by atoms with Gasteiger partial charge in [0, 0.05) is 26.7 Å². The lowest BCUT2D eigenvalue weighted by Crippen LogP contribution is -1.95. The minimum atomic E-state index is -0.833. The van der Waals surface area contributed by atoms with Crippen LogP contribution in [0.1, 0.15) is 58.8 Å². The van der Waals surface area contributed by atoms with Crippen molar-refractivity contribution in [2.24, 2.45) is 0 Å². The molecule has 0 aromatic heterocycles. The van der Waals surface area contributed by atoms with Crippen molar-refractivity contribution in [3.63, 3.8) is 0 Å². The number of unbranched alkanes of at least 4 members (excludes halogenated alkanes) is 4. The molecule has 0 rings (SSSR count). The number of hydrogen-bond acceptors (Lipinski definition) is 4. The molecule has 0 aliphatic heterocycles. The first kappa shape index (κ1) is 23.9. The number of carboxylic acids is 4. The number of aliphatic carboxylic acids is 4. The molecule has 0 spiro atoms. The number of carboxylic acid groups (broad SMARTS) is 4. The molecule has 0 aromatic rings. The van der Waals surface area contributed by atoms with Crippen LogP contribution in [0.3, 0.4) is 0 Å². The SMILES string of the molecule is CC(=O)O.CC(=O)O.O=C(O)CCCCCCCC(=O)O. The lowest BCUT2D eigenvalue weighted by atomic mass is 10.1. The summed E-state index contributed by atoms with van der Waals surface area (Å²) >= 11 is 0. The Kier molecular flexibility index (Phi) is 20.4. The standard InChI is InChI=1S/C9H16O4.2C2H4O2/c10-8(11)6-4-2-1-3-5-7-9(12)13;2*1-2(3)4/h1-7H2,(H,10,11)(H,12,13);2*1H3,(H,3,4). The van der Waals surface area contributed by atoms with Gasteiger partial charge >= 0.3 is 11.9 Å². The largest absolute Gasteiger partial charge is 0.481 e. The third-order valence-corrected chi connectivity index (χ3v) is 1.78. The fourth-order valence-corrected chi connectivity index (χ4v) is 1.08. The second-order valence-corrected chi connectivity index (χ2v) is 4.09. The molecule has 8 nitrogen and oxygen atoms in total. The number of carbonyl (C=O) groups is 4. The molecule has 0 heterocycles. The van der Waals surface area contributed by atoms with E-state index in [-0.39, 0.29) is 12.8 Å². The Bertz CT molecular complexity index is 273. The van der Waals surface area contributed by atoms with Gasteiger partial charge in [-0.25, -0.2) is 0 Å². The fourth-order valence-electron chi connectivity index (χ4n) is 1.08. The molecule has 0 fully saturated rings. The molecule has 0 bridgehead atoms. The topological polar surface area (TPSA) is 149 Å². The molecule has 0 aliphatic rings. The van der Waals surface area contributed by atoms with Crippen molar-refractivity contribution in [3.8, 4) is 0 Å². The second kappa shape index (κ2) is 17.9. The predicted molar refractivity (Wildman–Crippen MR) is 74.2 cm³/mol. The van der Waals surface area contributed by atoms with E-state index in [1.807, 2.05) is 0 Å². The van der Waals surface area contributed by atoms with E-state index < -0.39 is 23.9 Å². The van der Waals surface area contributed by atoms with Gasteiger partial charge in [-0.1, -0.05) is 19.3 Å². The summed E-state index contributed by atoms with van der Waals surface area (Å²) in [7, 11) is 0. The van der Waals surface area contributed by atoms with Crippen LogP contribution in [0.25, 0.3) is 0 Å². The smallest absolute Gasteiger partial charge is 0.303 e. The van der Waals surface area contributed by atoms with Gasteiger partial charge in [0.1, 0.15) is 0 Å². The minimum Gasteiger partial charge on any atom is -0.481 e. The molecule has 0 saturated heterocycles. The molecule has 8 heteroatoms. The Hall–Kier alpha value is -2.12. The van der Waals surface area contributed by atoms with E-state index in [2.05, 4.69) is 0 Å². The fraction of sp³-hybridized carbons (Fsp3) is 0.692. The van der Waals surface area contributed by atoms with Crippen LogP contribution < -0.4 is 0 Å². The Morgan fingerprint density at radius 1 is 0.571 bits per heavy atom. The summed E-state index contributed by atoms with van der Waals surface area (Å²) in [5, 5.41) is 31.5. The van der Waals surface area contributed by atoms with E-state index in [0.717, 1.165) is 33.1 Å². The molecule has 0 unspecified atom stereocenters. The normalized spacial score (nSPS) is 8.48. The van der Waals surface area contributed by atoms with Crippen molar-refractivity contribution in [2.45, 2.75) is 58.8 Å². The first-order valence-electron chi connectivity index (χ1n) is 6.42. The van der Waals surface area contributed by atoms with Gasteiger partial charge in [0.2, 0.25) is 0 Å². The molecule has 0 radical (unpaired) electrons. The average molecular weight is 308 g/mol. The van der Waals surface area contributed by atoms with Crippen molar-refractivity contribution in [3.05, 3.63) is 0 Å². The summed E-state index contributed by atoms with van der Waals surface area (Å²) < 4.78 is 0. The van der Waals surface area contributed by atoms with Crippen LogP contribution in [0.15, 0.2) is 0 Å². The zero-order valence-corrected chi connectivity index (χ0v) is 12.4. The maximum atomic E-state index is 10.1. The molecule has 4 N–H and O–H groups in total. The van der Waals surface area contributed by atoms with E-state index in [4.69, 9.17) is 30.0 Å². The van der Waals surface area contributed by atoms with Crippen LogP contribution in [-0.2, 0) is 19.2 Å². The van der Waals surface area contributed by atoms with E-state index >= 15 is 0 Å². The van der Waals surface area contributed by atoms with Crippen molar-refractivity contribution < 1.29 is 39.6 Å². The third-order valence-electron chi connectivity index (χ3n) is 1.78. The van der Waals surface area contributed by atoms with Gasteiger partial charge < -0.3 is 20.4 Å². The third kappa shape index (κ3) is 72.6. The highest BCUT2D eigenvalue weighted by Gasteiger charge is 1.98. The number of hydrogen-bond donors (Lipinski definition) is 4. The van der Waals surface area contributed by atoms with Crippen molar-refractivity contribution in [1.82, 2.24) is 0 Å². The highest BCUT2D eigenvalue weighted by atomic mass is 16.4. The lowest BCUT2D eigenvalue weighted by Gasteiger charge is -1.97. The van der Waals surface area contributed by atoms with E-state index in [9.17, 15) is 9.59 Å². The van der Waals surface area contributed by atoms with Crippen LogP contribution in [0.2, 0.25) is 0 Å². The molecule has 0 aromatic carbocycles. The van der Waals surface area contributed by atoms with Gasteiger partial charge in [0.05, 0.1) is 0 Å². The summed E-state index contributed by atoms with van der Waals surface area (Å²) in [5.74, 6) is -3.18. The lowest BCUT2D eigenvalue weighted by molar-refractivity contribution is -0.138. The van der Waals surface area contributed by atoms with Crippen molar-refractivity contribution >= 4 is 23.9 Å². The molecule has 0 atom stereocenters. The van der Waals surface area contributed by atoms with Gasteiger partial charge in [-0.15, -0.1) is 0 Å². The summed E-state index contributed by atoms with van der Waals surface area (Å²) in [4.78, 5) is 38.2. The molecule has 0 saturated carbocycles.